The van der Waals surface area contributed by atoms with Crippen molar-refractivity contribution in [2.75, 3.05) is 0 Å². The van der Waals surface area contributed by atoms with Gasteiger partial charge in [0.2, 0.25) is 0 Å². The number of para-hydroxylation sites is 1. The normalized spacial score (nSPS) is 12.0. The topological polar surface area (TPSA) is 64.3 Å². The summed E-state index contributed by atoms with van der Waals surface area (Å²) in [4.78, 5) is 12.3. The van der Waals surface area contributed by atoms with Crippen LogP contribution in [0.4, 0.5) is 0 Å². The zero-order valence-electron chi connectivity index (χ0n) is 15.6. The fourth-order valence-electron chi connectivity index (χ4n) is 2.37. The number of rotatable bonds is 7. The van der Waals surface area contributed by atoms with Gasteiger partial charge in [-0.3, -0.25) is 4.79 Å². The average Bonchev–Trinajstić information content (AvgIpc) is 2.63. The number of carbonyl (C=O) groups excluding carboxylic acids is 1. The first-order valence-corrected chi connectivity index (χ1v) is 8.74. The molecule has 0 aliphatic heterocycles. The van der Waals surface area contributed by atoms with Gasteiger partial charge in [-0.1, -0.05) is 49.4 Å². The molecule has 4 heteroatoms. The number of ether oxygens (including phenoxy) is 1. The Balaban J connectivity index is 1.97. The molecule has 0 fully saturated rings. The number of aryl methyl sites for hydroxylation is 1. The second-order valence-electron chi connectivity index (χ2n) is 6.10. The number of carbonyl (C=O) groups is 1. The number of hydrogen-bond acceptors (Lipinski definition) is 3. The van der Waals surface area contributed by atoms with Gasteiger partial charge >= 0.3 is 0 Å². The molecule has 0 aliphatic rings. The van der Waals surface area contributed by atoms with Crippen LogP contribution < -0.4 is 15.8 Å². The summed E-state index contributed by atoms with van der Waals surface area (Å²) >= 11 is 0. The quantitative estimate of drug-likeness (QED) is 0.566. The standard InChI is InChI=1S/C22H26N2O2/c1-4-5-9-20(17(3)23)22(25)24-15-18-11-13-19(14-12-18)26-21-10-7-6-8-16(21)2/h5-14H,4,15,23H2,1-3H3,(H,24,25)/b9-5-,20-17-. The molecule has 0 heterocycles. The summed E-state index contributed by atoms with van der Waals surface area (Å²) in [6.45, 7) is 6.18. The monoisotopic (exact) mass is 350 g/mol. The van der Waals surface area contributed by atoms with Gasteiger partial charge in [0.15, 0.2) is 0 Å². The van der Waals surface area contributed by atoms with E-state index in [2.05, 4.69) is 5.32 Å². The minimum absolute atomic E-state index is 0.171. The highest BCUT2D eigenvalue weighted by Crippen LogP contribution is 2.24. The molecule has 3 N–H and O–H groups in total. The molecule has 2 aromatic carbocycles. The van der Waals surface area contributed by atoms with E-state index in [0.29, 0.717) is 17.8 Å². The van der Waals surface area contributed by atoms with Crippen molar-refractivity contribution in [3.05, 3.63) is 83.1 Å². The van der Waals surface area contributed by atoms with E-state index in [1.165, 1.54) is 0 Å². The lowest BCUT2D eigenvalue weighted by atomic mass is 10.1. The Morgan fingerprint density at radius 2 is 1.85 bits per heavy atom. The third-order valence-electron chi connectivity index (χ3n) is 3.89. The smallest absolute Gasteiger partial charge is 0.253 e. The van der Waals surface area contributed by atoms with Crippen LogP contribution in [-0.4, -0.2) is 5.91 Å². The van der Waals surface area contributed by atoms with E-state index in [1.807, 2.05) is 68.5 Å². The lowest BCUT2D eigenvalue weighted by molar-refractivity contribution is -0.117. The zero-order valence-corrected chi connectivity index (χ0v) is 15.6. The first-order valence-electron chi connectivity index (χ1n) is 8.74. The number of benzene rings is 2. The molecular formula is C22H26N2O2. The molecule has 0 unspecified atom stereocenters. The predicted octanol–water partition coefficient (Wildman–Crippen LogP) is 4.60. The Morgan fingerprint density at radius 3 is 2.46 bits per heavy atom. The maximum absolute atomic E-state index is 12.3. The molecule has 0 aliphatic carbocycles. The summed E-state index contributed by atoms with van der Waals surface area (Å²) in [6, 6.07) is 15.6. The zero-order chi connectivity index (χ0) is 18.9. The highest BCUT2D eigenvalue weighted by Gasteiger charge is 2.08. The van der Waals surface area contributed by atoms with Crippen molar-refractivity contribution in [3.63, 3.8) is 0 Å². The third-order valence-corrected chi connectivity index (χ3v) is 3.89. The van der Waals surface area contributed by atoms with E-state index in [4.69, 9.17) is 10.5 Å². The summed E-state index contributed by atoms with van der Waals surface area (Å²) in [5.74, 6) is 1.43. The SMILES string of the molecule is CC/C=C\C(C(=O)NCc1ccc(Oc2ccccc2C)cc1)=C(/C)N. The van der Waals surface area contributed by atoms with Gasteiger partial charge in [0.05, 0.1) is 5.57 Å². The second-order valence-corrected chi connectivity index (χ2v) is 6.10. The Hall–Kier alpha value is -3.01. The lowest BCUT2D eigenvalue weighted by Gasteiger charge is -2.10. The summed E-state index contributed by atoms with van der Waals surface area (Å²) in [7, 11) is 0. The van der Waals surface area contributed by atoms with E-state index < -0.39 is 0 Å². The van der Waals surface area contributed by atoms with Gasteiger partial charge in [-0.05, 0) is 49.6 Å². The van der Waals surface area contributed by atoms with E-state index in [1.54, 1.807) is 13.0 Å². The molecule has 4 nitrogen and oxygen atoms in total. The van der Waals surface area contributed by atoms with Gasteiger partial charge < -0.3 is 15.8 Å². The average molecular weight is 350 g/mol. The fraction of sp³-hybridized carbons (Fsp3) is 0.227. The van der Waals surface area contributed by atoms with Crippen molar-refractivity contribution in [2.24, 2.45) is 5.73 Å². The maximum atomic E-state index is 12.3. The molecule has 0 spiro atoms. The molecule has 2 aromatic rings. The van der Waals surface area contributed by atoms with Gasteiger partial charge in [0.1, 0.15) is 11.5 Å². The van der Waals surface area contributed by atoms with E-state index in [-0.39, 0.29) is 5.91 Å². The molecule has 26 heavy (non-hydrogen) atoms. The number of amides is 1. The molecule has 136 valence electrons. The molecule has 0 radical (unpaired) electrons. The van der Waals surface area contributed by atoms with Crippen molar-refractivity contribution in [1.29, 1.82) is 0 Å². The van der Waals surface area contributed by atoms with Crippen molar-refractivity contribution in [3.8, 4) is 11.5 Å². The molecule has 0 atom stereocenters. The summed E-state index contributed by atoms with van der Waals surface area (Å²) in [5, 5.41) is 2.90. The number of nitrogens with one attached hydrogen (secondary N) is 1. The molecule has 0 saturated carbocycles. The molecular weight excluding hydrogens is 324 g/mol. The minimum atomic E-state index is -0.171. The number of allylic oxidation sites excluding steroid dienone is 2. The Labute approximate surface area is 155 Å². The molecule has 0 saturated heterocycles. The highest BCUT2D eigenvalue weighted by atomic mass is 16.5. The third kappa shape index (κ3) is 5.52. The van der Waals surface area contributed by atoms with Crippen LogP contribution in [-0.2, 0) is 11.3 Å². The molecule has 0 aromatic heterocycles. The van der Waals surface area contributed by atoms with Crippen LogP contribution in [0.5, 0.6) is 11.5 Å². The van der Waals surface area contributed by atoms with Crippen molar-refractivity contribution >= 4 is 5.91 Å². The van der Waals surface area contributed by atoms with Crippen LogP contribution in [0.15, 0.2) is 72.0 Å². The van der Waals surface area contributed by atoms with Crippen LogP contribution in [0.25, 0.3) is 0 Å². The highest BCUT2D eigenvalue weighted by molar-refractivity contribution is 5.96. The summed E-state index contributed by atoms with van der Waals surface area (Å²) < 4.78 is 5.88. The number of hydrogen-bond donors (Lipinski definition) is 2. The van der Waals surface area contributed by atoms with Crippen LogP contribution in [0.2, 0.25) is 0 Å². The molecule has 0 bridgehead atoms. The summed E-state index contributed by atoms with van der Waals surface area (Å²) in [5.41, 5.74) is 8.89. The Morgan fingerprint density at radius 1 is 1.15 bits per heavy atom. The van der Waals surface area contributed by atoms with Crippen molar-refractivity contribution in [2.45, 2.75) is 33.7 Å². The maximum Gasteiger partial charge on any atom is 0.253 e. The first kappa shape index (κ1) is 19.3. The summed E-state index contributed by atoms with van der Waals surface area (Å²) in [6.07, 6.45) is 4.54. The van der Waals surface area contributed by atoms with Crippen LogP contribution in [0.3, 0.4) is 0 Å². The minimum Gasteiger partial charge on any atom is -0.457 e. The van der Waals surface area contributed by atoms with Gasteiger partial charge in [-0.2, -0.15) is 0 Å². The van der Waals surface area contributed by atoms with Crippen LogP contribution >= 0.6 is 0 Å². The van der Waals surface area contributed by atoms with Gasteiger partial charge in [-0.15, -0.1) is 0 Å². The van der Waals surface area contributed by atoms with E-state index in [9.17, 15) is 4.79 Å². The van der Waals surface area contributed by atoms with Gasteiger partial charge in [0, 0.05) is 12.2 Å². The Bertz CT molecular complexity index is 801. The molecule has 2 rings (SSSR count). The van der Waals surface area contributed by atoms with Crippen LogP contribution in [0, 0.1) is 6.92 Å². The molecule has 1 amide bonds. The van der Waals surface area contributed by atoms with Gasteiger partial charge in [-0.25, -0.2) is 0 Å². The van der Waals surface area contributed by atoms with Gasteiger partial charge in [0.25, 0.3) is 5.91 Å². The lowest BCUT2D eigenvalue weighted by Crippen LogP contribution is -2.25. The van der Waals surface area contributed by atoms with Crippen molar-refractivity contribution < 1.29 is 9.53 Å². The van der Waals surface area contributed by atoms with E-state index >= 15 is 0 Å². The first-order chi connectivity index (χ1) is 12.5. The van der Waals surface area contributed by atoms with E-state index in [0.717, 1.165) is 29.0 Å². The number of nitrogens with two attached hydrogens (primary N) is 1. The Kier molecular flexibility index (Phi) is 7.03. The second kappa shape index (κ2) is 9.47. The largest absolute Gasteiger partial charge is 0.457 e. The fourth-order valence-corrected chi connectivity index (χ4v) is 2.37. The van der Waals surface area contributed by atoms with Crippen molar-refractivity contribution in [1.82, 2.24) is 5.32 Å². The predicted molar refractivity (Wildman–Crippen MR) is 106 cm³/mol. The van der Waals surface area contributed by atoms with Crippen LogP contribution in [0.1, 0.15) is 31.4 Å².